The smallest absolute Gasteiger partial charge is 0.251 e. The quantitative estimate of drug-likeness (QED) is 0.563. The van der Waals surface area contributed by atoms with Crippen molar-refractivity contribution in [2.24, 2.45) is 17.8 Å². The van der Waals surface area contributed by atoms with Crippen molar-refractivity contribution in [1.82, 2.24) is 9.80 Å². The minimum absolute atomic E-state index is 0.0252. The molecule has 4 aliphatic rings. The third kappa shape index (κ3) is 3.79. The van der Waals surface area contributed by atoms with Gasteiger partial charge in [0.2, 0.25) is 11.8 Å². The molecule has 0 aromatic heterocycles. The summed E-state index contributed by atoms with van der Waals surface area (Å²) >= 11 is 1.58. The van der Waals surface area contributed by atoms with Crippen LogP contribution in [0.15, 0.2) is 66.8 Å². The van der Waals surface area contributed by atoms with Gasteiger partial charge in [0.1, 0.15) is 6.04 Å². The first-order valence-corrected chi connectivity index (χ1v) is 15.0. The second-order valence-corrected chi connectivity index (χ2v) is 13.7. The number of benzene rings is 2. The Morgan fingerprint density at radius 3 is 2.42 bits per heavy atom. The number of thioether (sulfide) groups is 1. The highest BCUT2D eigenvalue weighted by atomic mass is 32.2. The summed E-state index contributed by atoms with van der Waals surface area (Å²) in [4.78, 5) is 48.3. The highest BCUT2D eigenvalue weighted by Gasteiger charge is 2.74. The van der Waals surface area contributed by atoms with E-state index in [4.69, 9.17) is 0 Å². The number of likely N-dealkylation sites (tertiary alicyclic amines) is 1. The molecular weight excluding hydrogens is 522 g/mol. The number of anilines is 1. The van der Waals surface area contributed by atoms with Gasteiger partial charge in [-0.1, -0.05) is 74.9 Å². The maximum atomic E-state index is 14.8. The Hall–Kier alpha value is -3.10. The van der Waals surface area contributed by atoms with E-state index in [1.807, 2.05) is 81.5 Å². The SMILES string of the molecule is CC[C@H](C)[C@H](CO)N1C(=O)[C@@H]2[C@H]3C(=O)N(C)CC=C[C@@]3(C)S[C@@]23C=CCN(c2ccc4ccccc4c2)C(=O)C13. The van der Waals surface area contributed by atoms with E-state index in [-0.39, 0.29) is 30.2 Å². The number of hydrogen-bond donors (Lipinski definition) is 1. The first-order valence-electron chi connectivity index (χ1n) is 14.2. The molecule has 1 spiro atoms. The third-order valence-electron chi connectivity index (χ3n) is 9.59. The van der Waals surface area contributed by atoms with Crippen molar-refractivity contribution < 1.29 is 19.5 Å². The molecule has 2 aromatic rings. The van der Waals surface area contributed by atoms with E-state index in [0.29, 0.717) is 13.1 Å². The summed E-state index contributed by atoms with van der Waals surface area (Å²) in [5.74, 6) is -1.79. The minimum Gasteiger partial charge on any atom is -0.394 e. The zero-order valence-electron chi connectivity index (χ0n) is 23.5. The topological polar surface area (TPSA) is 81.2 Å². The number of aliphatic hydroxyl groups is 1. The maximum absolute atomic E-state index is 14.8. The number of fused-ring (bicyclic) bond motifs is 3. The molecule has 3 amide bonds. The van der Waals surface area contributed by atoms with Crippen molar-refractivity contribution in [2.45, 2.75) is 48.8 Å². The van der Waals surface area contributed by atoms with Crippen LogP contribution >= 0.6 is 11.8 Å². The van der Waals surface area contributed by atoms with Crippen LogP contribution in [0, 0.1) is 17.8 Å². The van der Waals surface area contributed by atoms with Gasteiger partial charge in [-0.3, -0.25) is 14.4 Å². The maximum Gasteiger partial charge on any atom is 0.251 e. The largest absolute Gasteiger partial charge is 0.394 e. The van der Waals surface area contributed by atoms with Gasteiger partial charge in [0, 0.05) is 30.6 Å². The standard InChI is InChI=1S/C32H37N3O4S/c1-5-20(2)24(19-36)35-27-30(39)34(23-13-12-21-10-6-7-11-22(21)18-23)17-9-15-32(27)26(29(35)38)25-28(37)33(4)16-8-14-31(25,3)40-32/h6-15,18,20,24-27,36H,5,16-17,19H2,1-4H3/t20-,24-,25-,26-,27?,31+,32-/m0/s1. The molecule has 0 aliphatic carbocycles. The predicted molar refractivity (Wildman–Crippen MR) is 159 cm³/mol. The molecule has 8 heteroatoms. The number of rotatable bonds is 5. The van der Waals surface area contributed by atoms with Crippen molar-refractivity contribution in [3.8, 4) is 0 Å². The van der Waals surface area contributed by atoms with E-state index in [2.05, 4.69) is 6.08 Å². The van der Waals surface area contributed by atoms with Gasteiger partial charge >= 0.3 is 0 Å². The molecule has 2 aromatic carbocycles. The summed E-state index contributed by atoms with van der Waals surface area (Å²) in [6, 6.07) is 12.7. The van der Waals surface area contributed by atoms with Crippen LogP contribution in [0.5, 0.6) is 0 Å². The lowest BCUT2D eigenvalue weighted by atomic mass is 9.74. The van der Waals surface area contributed by atoms with Gasteiger partial charge in [-0.05, 0) is 35.7 Å². The van der Waals surface area contributed by atoms with Crippen LogP contribution in [0.1, 0.15) is 27.2 Å². The van der Waals surface area contributed by atoms with Gasteiger partial charge in [-0.2, -0.15) is 0 Å². The number of amides is 3. The molecule has 0 radical (unpaired) electrons. The van der Waals surface area contributed by atoms with Crippen LogP contribution in [0.25, 0.3) is 10.8 Å². The summed E-state index contributed by atoms with van der Waals surface area (Å²) in [5.41, 5.74) is 0.768. The fourth-order valence-corrected chi connectivity index (χ4v) is 9.47. The molecule has 4 heterocycles. The van der Waals surface area contributed by atoms with Crippen LogP contribution in [-0.2, 0) is 14.4 Å². The summed E-state index contributed by atoms with van der Waals surface area (Å²) < 4.78 is -1.57. The van der Waals surface area contributed by atoms with E-state index in [1.54, 1.807) is 33.5 Å². The first-order chi connectivity index (χ1) is 19.2. The second-order valence-electron chi connectivity index (χ2n) is 11.9. The normalized spacial score (nSPS) is 33.1. The van der Waals surface area contributed by atoms with Gasteiger partial charge in [0.15, 0.2) is 0 Å². The third-order valence-corrected chi connectivity index (χ3v) is 11.4. The zero-order valence-corrected chi connectivity index (χ0v) is 24.3. The molecule has 4 aliphatic heterocycles. The monoisotopic (exact) mass is 559 g/mol. The van der Waals surface area contributed by atoms with E-state index >= 15 is 0 Å². The molecule has 210 valence electrons. The minimum atomic E-state index is -0.932. The van der Waals surface area contributed by atoms with Gasteiger partial charge in [-0.15, -0.1) is 11.8 Å². The van der Waals surface area contributed by atoms with Gasteiger partial charge < -0.3 is 19.8 Å². The van der Waals surface area contributed by atoms with E-state index in [9.17, 15) is 19.5 Å². The number of aliphatic hydroxyl groups excluding tert-OH is 1. The fraction of sp³-hybridized carbons (Fsp3) is 0.469. The van der Waals surface area contributed by atoms with E-state index in [1.165, 1.54) is 0 Å². The molecule has 7 atom stereocenters. The lowest BCUT2D eigenvalue weighted by molar-refractivity contribution is -0.145. The van der Waals surface area contributed by atoms with Crippen molar-refractivity contribution in [3.63, 3.8) is 0 Å². The Kier molecular flexibility index (Phi) is 6.62. The summed E-state index contributed by atoms with van der Waals surface area (Å²) in [5, 5.41) is 12.7. The highest BCUT2D eigenvalue weighted by molar-refractivity contribution is 8.02. The Labute approximate surface area is 239 Å². The Bertz CT molecular complexity index is 1440. The van der Waals surface area contributed by atoms with Crippen LogP contribution in [-0.4, -0.2) is 80.9 Å². The lowest BCUT2D eigenvalue weighted by Crippen LogP contribution is -2.58. The van der Waals surface area contributed by atoms with Gasteiger partial charge in [0.05, 0.1) is 29.2 Å². The average molecular weight is 560 g/mol. The van der Waals surface area contributed by atoms with E-state index < -0.39 is 33.4 Å². The van der Waals surface area contributed by atoms with Gasteiger partial charge in [-0.25, -0.2) is 0 Å². The number of hydrogen-bond acceptors (Lipinski definition) is 5. The Morgan fingerprint density at radius 2 is 1.70 bits per heavy atom. The Morgan fingerprint density at radius 1 is 0.975 bits per heavy atom. The highest BCUT2D eigenvalue weighted by Crippen LogP contribution is 2.66. The molecule has 2 saturated heterocycles. The molecule has 40 heavy (non-hydrogen) atoms. The van der Waals surface area contributed by atoms with Gasteiger partial charge in [0.25, 0.3) is 5.91 Å². The molecule has 1 N–H and O–H groups in total. The molecular formula is C32H37N3O4S. The molecule has 7 nitrogen and oxygen atoms in total. The molecule has 2 fully saturated rings. The average Bonchev–Trinajstić information content (AvgIpc) is 3.23. The van der Waals surface area contributed by atoms with Crippen molar-refractivity contribution in [1.29, 1.82) is 0 Å². The molecule has 0 bridgehead atoms. The zero-order chi connectivity index (χ0) is 28.4. The van der Waals surface area contributed by atoms with E-state index in [0.717, 1.165) is 22.9 Å². The molecule has 0 saturated carbocycles. The number of carbonyl (C=O) groups excluding carboxylic acids is 3. The van der Waals surface area contributed by atoms with Crippen LogP contribution in [0.4, 0.5) is 5.69 Å². The molecule has 6 rings (SSSR count). The number of carbonyl (C=O) groups is 3. The summed E-state index contributed by atoms with van der Waals surface area (Å²) in [7, 11) is 1.77. The van der Waals surface area contributed by atoms with Crippen molar-refractivity contribution in [3.05, 3.63) is 66.8 Å². The number of nitrogens with zero attached hydrogens (tertiary/aromatic N) is 3. The van der Waals surface area contributed by atoms with Crippen molar-refractivity contribution in [2.75, 3.05) is 31.6 Å². The summed E-state index contributed by atoms with van der Waals surface area (Å²) in [6.07, 6.45) is 8.84. The van der Waals surface area contributed by atoms with Crippen LogP contribution in [0.3, 0.4) is 0 Å². The predicted octanol–water partition coefficient (Wildman–Crippen LogP) is 3.87. The number of likely N-dealkylation sites (N-methyl/N-ethyl adjacent to an activating group) is 1. The van der Waals surface area contributed by atoms with Crippen molar-refractivity contribution >= 4 is 45.9 Å². The lowest BCUT2D eigenvalue weighted by Gasteiger charge is -2.41. The second kappa shape index (κ2) is 9.77. The Balaban J connectivity index is 1.52. The fourth-order valence-electron chi connectivity index (χ4n) is 7.33. The molecule has 1 unspecified atom stereocenters. The van der Waals surface area contributed by atoms with Crippen LogP contribution < -0.4 is 4.90 Å². The first kappa shape index (κ1) is 27.1. The summed E-state index contributed by atoms with van der Waals surface area (Å²) in [6.45, 7) is 6.68. The van der Waals surface area contributed by atoms with Crippen LogP contribution in [0.2, 0.25) is 0 Å².